The van der Waals surface area contributed by atoms with E-state index in [2.05, 4.69) is 43.4 Å². The van der Waals surface area contributed by atoms with Crippen molar-refractivity contribution in [1.29, 1.82) is 0 Å². The van der Waals surface area contributed by atoms with E-state index in [1.807, 2.05) is 0 Å². The van der Waals surface area contributed by atoms with E-state index in [1.54, 1.807) is 0 Å². The highest BCUT2D eigenvalue weighted by molar-refractivity contribution is 5.66. The second-order valence-corrected chi connectivity index (χ2v) is 5.69. The van der Waals surface area contributed by atoms with Crippen molar-refractivity contribution < 1.29 is 9.90 Å². The second-order valence-electron chi connectivity index (χ2n) is 5.69. The highest BCUT2D eigenvalue weighted by Gasteiger charge is 1.95. The minimum atomic E-state index is -0.674. The third kappa shape index (κ3) is 18.7. The zero-order valence-electron chi connectivity index (χ0n) is 14.3. The quantitative estimate of drug-likeness (QED) is 0.279. The predicted molar refractivity (Wildman–Crippen MR) is 96.1 cm³/mol. The molecule has 0 aliphatic rings. The van der Waals surface area contributed by atoms with Crippen LogP contribution in [0.3, 0.4) is 0 Å². The summed E-state index contributed by atoms with van der Waals surface area (Å²) in [5.74, 6) is -0.674. The van der Waals surface area contributed by atoms with Crippen molar-refractivity contribution in [2.24, 2.45) is 0 Å². The van der Waals surface area contributed by atoms with Gasteiger partial charge in [0, 0.05) is 6.42 Å². The van der Waals surface area contributed by atoms with Gasteiger partial charge in [0.2, 0.25) is 0 Å². The minimum absolute atomic E-state index is 0.319. The maximum atomic E-state index is 10.3. The molecular formula is C20H34O2. The first-order chi connectivity index (χ1) is 10.8. The lowest BCUT2D eigenvalue weighted by atomic mass is 10.1. The number of allylic oxidation sites excluding steroid dienone is 6. The Labute approximate surface area is 137 Å². The largest absolute Gasteiger partial charge is 0.481 e. The third-order valence-electron chi connectivity index (χ3n) is 3.51. The number of carboxylic acids is 1. The van der Waals surface area contributed by atoms with E-state index in [0.717, 1.165) is 38.5 Å². The van der Waals surface area contributed by atoms with Crippen LogP contribution in [0, 0.1) is 0 Å². The molecule has 0 heterocycles. The van der Waals surface area contributed by atoms with Crippen LogP contribution in [0.2, 0.25) is 0 Å². The van der Waals surface area contributed by atoms with E-state index in [1.165, 1.54) is 32.1 Å². The van der Waals surface area contributed by atoms with Crippen molar-refractivity contribution >= 4 is 5.97 Å². The summed E-state index contributed by atoms with van der Waals surface area (Å²) >= 11 is 0. The highest BCUT2D eigenvalue weighted by atomic mass is 16.4. The molecule has 0 unspecified atom stereocenters. The van der Waals surface area contributed by atoms with Crippen LogP contribution in [0.4, 0.5) is 0 Å². The smallest absolute Gasteiger partial charge is 0.303 e. The molecule has 0 saturated heterocycles. The first-order valence-electron chi connectivity index (χ1n) is 8.94. The van der Waals surface area contributed by atoms with E-state index in [9.17, 15) is 4.79 Å². The molecule has 0 spiro atoms. The highest BCUT2D eigenvalue weighted by Crippen LogP contribution is 2.07. The Hall–Kier alpha value is -1.31. The van der Waals surface area contributed by atoms with Crippen LogP contribution in [-0.2, 0) is 4.79 Å². The standard InChI is InChI=1S/C20H34O2/c1-2-3-4-5-6-7-8-9-10-11-12-13-14-15-16-17-18-19-20(21)22/h3-4,6-7,12-13H,2,5,8-11,14-19H2,1H3,(H,21,22)/b4-3+,7-6+,13-12+. The molecule has 1 N–H and O–H groups in total. The summed E-state index contributed by atoms with van der Waals surface area (Å²) in [6, 6.07) is 0. The van der Waals surface area contributed by atoms with Crippen molar-refractivity contribution in [2.45, 2.75) is 84.0 Å². The first kappa shape index (κ1) is 20.7. The molecular weight excluding hydrogens is 272 g/mol. The van der Waals surface area contributed by atoms with E-state index in [0.29, 0.717) is 6.42 Å². The summed E-state index contributed by atoms with van der Waals surface area (Å²) in [5.41, 5.74) is 0. The van der Waals surface area contributed by atoms with Crippen molar-refractivity contribution in [1.82, 2.24) is 0 Å². The molecule has 0 bridgehead atoms. The Morgan fingerprint density at radius 2 is 1.23 bits per heavy atom. The van der Waals surface area contributed by atoms with Crippen LogP contribution in [0.5, 0.6) is 0 Å². The van der Waals surface area contributed by atoms with Crippen LogP contribution < -0.4 is 0 Å². The van der Waals surface area contributed by atoms with Crippen molar-refractivity contribution in [3.05, 3.63) is 36.5 Å². The van der Waals surface area contributed by atoms with Crippen LogP contribution >= 0.6 is 0 Å². The summed E-state index contributed by atoms with van der Waals surface area (Å²) < 4.78 is 0. The number of hydrogen-bond donors (Lipinski definition) is 1. The van der Waals surface area contributed by atoms with Gasteiger partial charge in [0.25, 0.3) is 0 Å². The molecule has 0 aromatic rings. The number of carboxylic acid groups (broad SMARTS) is 1. The van der Waals surface area contributed by atoms with Gasteiger partial charge in [-0.3, -0.25) is 4.79 Å². The van der Waals surface area contributed by atoms with Crippen molar-refractivity contribution in [2.75, 3.05) is 0 Å². The van der Waals surface area contributed by atoms with Gasteiger partial charge in [-0.05, 0) is 57.8 Å². The average Bonchev–Trinajstić information content (AvgIpc) is 2.50. The number of rotatable bonds is 15. The fourth-order valence-electron chi connectivity index (χ4n) is 2.21. The summed E-state index contributed by atoms with van der Waals surface area (Å²) in [7, 11) is 0. The third-order valence-corrected chi connectivity index (χ3v) is 3.51. The monoisotopic (exact) mass is 306 g/mol. The molecule has 2 nitrogen and oxygen atoms in total. The lowest BCUT2D eigenvalue weighted by Gasteiger charge is -1.97. The van der Waals surface area contributed by atoms with Crippen LogP contribution in [0.15, 0.2) is 36.5 Å². The molecule has 0 atom stereocenters. The summed E-state index contributed by atoms with van der Waals surface area (Å²) in [6.45, 7) is 2.16. The fourth-order valence-corrected chi connectivity index (χ4v) is 2.21. The van der Waals surface area contributed by atoms with Gasteiger partial charge < -0.3 is 5.11 Å². The fraction of sp³-hybridized carbons (Fsp3) is 0.650. The number of hydrogen-bond acceptors (Lipinski definition) is 1. The number of aliphatic carboxylic acids is 1. The van der Waals surface area contributed by atoms with E-state index in [-0.39, 0.29) is 0 Å². The zero-order valence-corrected chi connectivity index (χ0v) is 14.3. The number of unbranched alkanes of at least 4 members (excludes halogenated alkanes) is 7. The molecule has 0 aliphatic carbocycles. The van der Waals surface area contributed by atoms with Gasteiger partial charge in [-0.25, -0.2) is 0 Å². The van der Waals surface area contributed by atoms with Crippen LogP contribution in [0.25, 0.3) is 0 Å². The molecule has 0 rings (SSSR count). The second kappa shape index (κ2) is 17.7. The van der Waals surface area contributed by atoms with Gasteiger partial charge in [-0.1, -0.05) is 56.2 Å². The maximum absolute atomic E-state index is 10.3. The lowest BCUT2D eigenvalue weighted by Crippen LogP contribution is -1.93. The van der Waals surface area contributed by atoms with Crippen LogP contribution in [-0.4, -0.2) is 11.1 Å². The van der Waals surface area contributed by atoms with E-state index < -0.39 is 5.97 Å². The molecule has 0 aliphatic heterocycles. The molecule has 0 aromatic carbocycles. The van der Waals surface area contributed by atoms with Gasteiger partial charge in [-0.15, -0.1) is 0 Å². The van der Waals surface area contributed by atoms with Crippen molar-refractivity contribution in [3.8, 4) is 0 Å². The lowest BCUT2D eigenvalue weighted by molar-refractivity contribution is -0.137. The predicted octanol–water partition coefficient (Wildman–Crippen LogP) is 6.44. The minimum Gasteiger partial charge on any atom is -0.481 e. The van der Waals surface area contributed by atoms with E-state index >= 15 is 0 Å². The van der Waals surface area contributed by atoms with Gasteiger partial charge in [-0.2, -0.15) is 0 Å². The molecule has 0 amide bonds. The molecule has 126 valence electrons. The van der Waals surface area contributed by atoms with Crippen LogP contribution in [0.1, 0.15) is 84.0 Å². The Balaban J connectivity index is 3.21. The average molecular weight is 306 g/mol. The molecule has 0 aromatic heterocycles. The number of carbonyl (C=O) groups is 1. The Morgan fingerprint density at radius 3 is 1.82 bits per heavy atom. The summed E-state index contributed by atoms with van der Waals surface area (Å²) in [4.78, 5) is 10.3. The maximum Gasteiger partial charge on any atom is 0.303 e. The molecule has 0 saturated carbocycles. The zero-order chi connectivity index (χ0) is 16.3. The normalized spacial score (nSPS) is 12.0. The molecule has 0 fully saturated rings. The summed E-state index contributed by atoms with van der Waals surface area (Å²) in [6.07, 6.45) is 26.3. The molecule has 0 radical (unpaired) electrons. The molecule has 2 heteroatoms. The van der Waals surface area contributed by atoms with Crippen molar-refractivity contribution in [3.63, 3.8) is 0 Å². The van der Waals surface area contributed by atoms with E-state index in [4.69, 9.17) is 5.11 Å². The summed E-state index contributed by atoms with van der Waals surface area (Å²) in [5, 5.41) is 8.52. The SMILES string of the molecule is CC/C=C/C/C=C/CCCC/C=C/CCCCCCC(=O)O. The van der Waals surface area contributed by atoms with Gasteiger partial charge in [0.1, 0.15) is 0 Å². The van der Waals surface area contributed by atoms with Gasteiger partial charge in [0.05, 0.1) is 0 Å². The Morgan fingerprint density at radius 1 is 0.727 bits per heavy atom. The first-order valence-corrected chi connectivity index (χ1v) is 8.94. The Bertz CT molecular complexity index is 327. The van der Waals surface area contributed by atoms with Gasteiger partial charge in [0.15, 0.2) is 0 Å². The topological polar surface area (TPSA) is 37.3 Å². The van der Waals surface area contributed by atoms with Gasteiger partial charge >= 0.3 is 5.97 Å². The molecule has 22 heavy (non-hydrogen) atoms. The Kier molecular flexibility index (Phi) is 16.7.